The Balaban J connectivity index is 2.07. The lowest BCUT2D eigenvalue weighted by atomic mass is 10.2. The number of nitrogens with zero attached hydrogens (tertiary/aromatic N) is 3. The Bertz CT molecular complexity index is 554. The quantitative estimate of drug-likeness (QED) is 0.749. The van der Waals surface area contributed by atoms with Gasteiger partial charge < -0.3 is 4.57 Å². The third-order valence-corrected chi connectivity index (χ3v) is 3.67. The lowest BCUT2D eigenvalue weighted by Crippen LogP contribution is -2.38. The first-order valence-electron chi connectivity index (χ1n) is 6.35. The monoisotopic (exact) mass is 229 g/mol. The van der Waals surface area contributed by atoms with Crippen LogP contribution in [0.4, 0.5) is 0 Å². The van der Waals surface area contributed by atoms with Crippen LogP contribution in [0.5, 0.6) is 0 Å². The largest absolute Gasteiger partial charge is 0.326 e. The normalized spacial score (nSPS) is 16.7. The summed E-state index contributed by atoms with van der Waals surface area (Å²) in [6.45, 7) is 9.80. The number of benzene rings is 1. The Morgan fingerprint density at radius 3 is 2.82 bits per heavy atom. The molecule has 0 radical (unpaired) electrons. The van der Waals surface area contributed by atoms with E-state index in [1.165, 1.54) is 16.9 Å². The Morgan fingerprint density at radius 1 is 1.24 bits per heavy atom. The first-order chi connectivity index (χ1) is 8.15. The van der Waals surface area contributed by atoms with E-state index in [4.69, 9.17) is 4.98 Å². The Labute approximate surface area is 102 Å². The molecule has 1 aromatic carbocycles. The fourth-order valence-corrected chi connectivity index (χ4v) is 2.59. The minimum atomic E-state index is 0.602. The van der Waals surface area contributed by atoms with Gasteiger partial charge in [-0.05, 0) is 38.5 Å². The van der Waals surface area contributed by atoms with Gasteiger partial charge in [0.2, 0.25) is 0 Å². The maximum atomic E-state index is 4.77. The summed E-state index contributed by atoms with van der Waals surface area (Å²) in [4.78, 5) is 7.25. The Kier molecular flexibility index (Phi) is 2.44. The number of hydrogen-bond acceptors (Lipinski definition) is 2. The molecule has 2 heterocycles. The maximum Gasteiger partial charge on any atom is 0.124 e. The van der Waals surface area contributed by atoms with Crippen LogP contribution in [0, 0.1) is 6.92 Å². The van der Waals surface area contributed by atoms with E-state index in [2.05, 4.69) is 48.4 Å². The molecule has 90 valence electrons. The molecular weight excluding hydrogens is 210 g/mol. The van der Waals surface area contributed by atoms with Gasteiger partial charge in [0, 0.05) is 19.1 Å². The zero-order valence-corrected chi connectivity index (χ0v) is 10.8. The van der Waals surface area contributed by atoms with Gasteiger partial charge in [0.15, 0.2) is 0 Å². The van der Waals surface area contributed by atoms with Gasteiger partial charge in [-0.1, -0.05) is 6.07 Å². The van der Waals surface area contributed by atoms with Crippen molar-refractivity contribution < 1.29 is 0 Å². The van der Waals surface area contributed by atoms with Crippen molar-refractivity contribution in [1.82, 2.24) is 14.5 Å². The van der Waals surface area contributed by atoms with Crippen LogP contribution in [0.3, 0.4) is 0 Å². The van der Waals surface area contributed by atoms with Crippen LogP contribution in [0.15, 0.2) is 18.2 Å². The molecule has 0 amide bonds. The molecule has 1 aliphatic heterocycles. The lowest BCUT2D eigenvalue weighted by Gasteiger charge is -2.30. The van der Waals surface area contributed by atoms with Gasteiger partial charge in [-0.3, -0.25) is 4.90 Å². The van der Waals surface area contributed by atoms with E-state index in [9.17, 15) is 0 Å². The summed E-state index contributed by atoms with van der Waals surface area (Å²) in [6.07, 6.45) is 0. The van der Waals surface area contributed by atoms with E-state index in [1.807, 2.05) is 0 Å². The zero-order chi connectivity index (χ0) is 12.0. The third kappa shape index (κ3) is 1.75. The van der Waals surface area contributed by atoms with Crippen molar-refractivity contribution in [3.8, 4) is 0 Å². The van der Waals surface area contributed by atoms with Gasteiger partial charge in [-0.15, -0.1) is 0 Å². The van der Waals surface area contributed by atoms with Crippen LogP contribution in [0.25, 0.3) is 11.0 Å². The molecule has 0 saturated heterocycles. The van der Waals surface area contributed by atoms with Crippen molar-refractivity contribution in [3.63, 3.8) is 0 Å². The number of aromatic nitrogens is 2. The van der Waals surface area contributed by atoms with E-state index < -0.39 is 0 Å². The van der Waals surface area contributed by atoms with Crippen LogP contribution in [0.1, 0.15) is 25.2 Å². The molecule has 3 heteroatoms. The van der Waals surface area contributed by atoms with Crippen LogP contribution in [-0.2, 0) is 13.1 Å². The number of hydrogen-bond donors (Lipinski definition) is 0. The summed E-state index contributed by atoms with van der Waals surface area (Å²) < 4.78 is 2.37. The second-order valence-corrected chi connectivity index (χ2v) is 5.24. The van der Waals surface area contributed by atoms with Crippen molar-refractivity contribution >= 4 is 11.0 Å². The molecule has 3 nitrogen and oxygen atoms in total. The standard InChI is InChI=1S/C14H19N3/c1-10(2)16-6-7-17-13-5-4-11(3)8-12(13)15-14(17)9-16/h4-5,8,10H,6-7,9H2,1-3H3. The fourth-order valence-electron chi connectivity index (χ4n) is 2.59. The molecule has 17 heavy (non-hydrogen) atoms. The van der Waals surface area contributed by atoms with E-state index in [1.54, 1.807) is 0 Å². The fraction of sp³-hybridized carbons (Fsp3) is 0.500. The molecule has 0 fully saturated rings. The van der Waals surface area contributed by atoms with Gasteiger partial charge in [-0.25, -0.2) is 4.98 Å². The Hall–Kier alpha value is -1.35. The van der Waals surface area contributed by atoms with Gasteiger partial charge in [0.1, 0.15) is 5.82 Å². The second kappa shape index (κ2) is 3.84. The molecule has 0 N–H and O–H groups in total. The second-order valence-electron chi connectivity index (χ2n) is 5.24. The molecule has 0 unspecified atom stereocenters. The average molecular weight is 229 g/mol. The highest BCUT2D eigenvalue weighted by Crippen LogP contribution is 2.22. The summed E-state index contributed by atoms with van der Waals surface area (Å²) in [5, 5.41) is 0. The van der Waals surface area contributed by atoms with Crippen molar-refractivity contribution in [2.75, 3.05) is 6.54 Å². The van der Waals surface area contributed by atoms with Crippen LogP contribution in [0.2, 0.25) is 0 Å². The van der Waals surface area contributed by atoms with Crippen LogP contribution < -0.4 is 0 Å². The van der Waals surface area contributed by atoms with Gasteiger partial charge in [0.05, 0.1) is 17.6 Å². The number of imidazole rings is 1. The number of rotatable bonds is 1. The molecule has 0 bridgehead atoms. The number of fused-ring (bicyclic) bond motifs is 3. The molecule has 1 aliphatic rings. The molecule has 3 rings (SSSR count). The summed E-state index contributed by atoms with van der Waals surface area (Å²) in [6, 6.07) is 7.16. The molecule has 2 aromatic rings. The van der Waals surface area contributed by atoms with Gasteiger partial charge >= 0.3 is 0 Å². The van der Waals surface area contributed by atoms with Crippen molar-refractivity contribution in [3.05, 3.63) is 29.6 Å². The highest BCUT2D eigenvalue weighted by atomic mass is 15.3. The first-order valence-corrected chi connectivity index (χ1v) is 6.35. The van der Waals surface area contributed by atoms with Crippen molar-refractivity contribution in [2.24, 2.45) is 0 Å². The lowest BCUT2D eigenvalue weighted by molar-refractivity contribution is 0.175. The predicted molar refractivity (Wildman–Crippen MR) is 70.0 cm³/mol. The van der Waals surface area contributed by atoms with Gasteiger partial charge in [0.25, 0.3) is 0 Å². The zero-order valence-electron chi connectivity index (χ0n) is 10.8. The highest BCUT2D eigenvalue weighted by Gasteiger charge is 2.21. The van der Waals surface area contributed by atoms with E-state index in [-0.39, 0.29) is 0 Å². The molecule has 0 aliphatic carbocycles. The van der Waals surface area contributed by atoms with Gasteiger partial charge in [-0.2, -0.15) is 0 Å². The predicted octanol–water partition coefficient (Wildman–Crippen LogP) is 2.57. The van der Waals surface area contributed by atoms with E-state index >= 15 is 0 Å². The third-order valence-electron chi connectivity index (χ3n) is 3.67. The minimum absolute atomic E-state index is 0.602. The minimum Gasteiger partial charge on any atom is -0.326 e. The summed E-state index contributed by atoms with van der Waals surface area (Å²) in [5.41, 5.74) is 3.72. The van der Waals surface area contributed by atoms with Crippen LogP contribution >= 0.6 is 0 Å². The average Bonchev–Trinajstić information content (AvgIpc) is 2.64. The summed E-state index contributed by atoms with van der Waals surface area (Å²) in [5.74, 6) is 1.21. The maximum absolute atomic E-state index is 4.77. The molecule has 0 saturated carbocycles. The Morgan fingerprint density at radius 2 is 2.06 bits per heavy atom. The molecule has 0 spiro atoms. The molecule has 0 atom stereocenters. The van der Waals surface area contributed by atoms with Crippen LogP contribution in [-0.4, -0.2) is 27.0 Å². The molecule has 1 aromatic heterocycles. The van der Waals surface area contributed by atoms with Crippen molar-refractivity contribution in [2.45, 2.75) is 39.9 Å². The number of aryl methyl sites for hydroxylation is 1. The van der Waals surface area contributed by atoms with E-state index in [0.717, 1.165) is 25.2 Å². The highest BCUT2D eigenvalue weighted by molar-refractivity contribution is 5.77. The van der Waals surface area contributed by atoms with E-state index in [0.29, 0.717) is 6.04 Å². The molecular formula is C14H19N3. The topological polar surface area (TPSA) is 21.1 Å². The van der Waals surface area contributed by atoms with Crippen molar-refractivity contribution in [1.29, 1.82) is 0 Å². The smallest absolute Gasteiger partial charge is 0.124 e. The summed E-state index contributed by atoms with van der Waals surface area (Å²) in [7, 11) is 0. The summed E-state index contributed by atoms with van der Waals surface area (Å²) >= 11 is 0. The SMILES string of the molecule is Cc1ccc2c(c1)nc1n2CCN(C(C)C)C1. The first kappa shape index (κ1) is 10.8.